The average Bonchev–Trinajstić information content (AvgIpc) is 2.28. The van der Waals surface area contributed by atoms with Gasteiger partial charge in [0.15, 0.2) is 0 Å². The summed E-state index contributed by atoms with van der Waals surface area (Å²) in [6, 6.07) is 7.67. The zero-order valence-corrected chi connectivity index (χ0v) is 5.81. The van der Waals surface area contributed by atoms with E-state index in [1.165, 1.54) is 12.7 Å². The van der Waals surface area contributed by atoms with Crippen LogP contribution in [-0.2, 0) is 0 Å². The monoisotopic (exact) mass is 144 g/mol. The highest BCUT2D eigenvalue weighted by molar-refractivity contribution is 5.83. The second kappa shape index (κ2) is 2.54. The summed E-state index contributed by atoms with van der Waals surface area (Å²) in [5, 5.41) is 4.07. The Bertz CT molecular complexity index is 315. The molecule has 1 heterocycles. The van der Waals surface area contributed by atoms with Gasteiger partial charge >= 0.3 is 0 Å². The molecule has 1 aliphatic rings. The number of hydrogen-bond acceptors (Lipinski definition) is 2. The normalized spacial score (nSPS) is 13.5. The lowest BCUT2D eigenvalue weighted by atomic mass is 10.3. The largest absolute Gasteiger partial charge is 0.235 e. The molecule has 0 aromatic heterocycles. The van der Waals surface area contributed by atoms with Crippen LogP contribution in [0.3, 0.4) is 0 Å². The molecule has 0 saturated heterocycles. The SMILES string of the molecule is C1=NC=Nc2ccccc2[N]1. The van der Waals surface area contributed by atoms with Gasteiger partial charge in [0.2, 0.25) is 0 Å². The fourth-order valence-corrected chi connectivity index (χ4v) is 0.903. The fourth-order valence-electron chi connectivity index (χ4n) is 0.903. The maximum atomic E-state index is 4.07. The summed E-state index contributed by atoms with van der Waals surface area (Å²) in [5.74, 6) is 0. The molecule has 53 valence electrons. The van der Waals surface area contributed by atoms with Gasteiger partial charge in [-0.25, -0.2) is 15.3 Å². The van der Waals surface area contributed by atoms with Gasteiger partial charge in [-0.05, 0) is 12.1 Å². The fraction of sp³-hybridized carbons (Fsp3) is 0. The first-order chi connectivity index (χ1) is 5.47. The van der Waals surface area contributed by atoms with Crippen LogP contribution in [0.25, 0.3) is 0 Å². The lowest BCUT2D eigenvalue weighted by Crippen LogP contribution is -1.90. The Kier molecular flexibility index (Phi) is 1.41. The lowest BCUT2D eigenvalue weighted by molar-refractivity contribution is 1.30. The summed E-state index contributed by atoms with van der Waals surface area (Å²) in [6.07, 6.45) is 2.99. The molecule has 0 N–H and O–H groups in total. The quantitative estimate of drug-likeness (QED) is 0.530. The third kappa shape index (κ3) is 1.12. The van der Waals surface area contributed by atoms with E-state index in [0.717, 1.165) is 11.4 Å². The summed E-state index contributed by atoms with van der Waals surface area (Å²) < 4.78 is 0. The number of rotatable bonds is 0. The van der Waals surface area contributed by atoms with Gasteiger partial charge in [0.05, 0.1) is 11.4 Å². The van der Waals surface area contributed by atoms with E-state index in [1.807, 2.05) is 24.3 Å². The van der Waals surface area contributed by atoms with Crippen molar-refractivity contribution >= 4 is 24.1 Å². The summed E-state index contributed by atoms with van der Waals surface area (Å²) in [6.45, 7) is 0. The molecular weight excluding hydrogens is 138 g/mol. The van der Waals surface area contributed by atoms with E-state index < -0.39 is 0 Å². The van der Waals surface area contributed by atoms with E-state index in [0.29, 0.717) is 0 Å². The minimum absolute atomic E-state index is 0.866. The van der Waals surface area contributed by atoms with Crippen molar-refractivity contribution in [1.29, 1.82) is 0 Å². The van der Waals surface area contributed by atoms with Crippen LogP contribution in [-0.4, -0.2) is 12.7 Å². The topological polar surface area (TPSA) is 38.8 Å². The zero-order valence-electron chi connectivity index (χ0n) is 5.81. The van der Waals surface area contributed by atoms with Crippen LogP contribution in [0.15, 0.2) is 34.3 Å². The minimum atomic E-state index is 0.866. The molecule has 0 atom stereocenters. The summed E-state index contributed by atoms with van der Waals surface area (Å²) in [7, 11) is 0. The molecule has 0 aliphatic carbocycles. The highest BCUT2D eigenvalue weighted by Gasteiger charge is 1.99. The summed E-state index contributed by atoms with van der Waals surface area (Å²) in [5.41, 5.74) is 1.73. The minimum Gasteiger partial charge on any atom is -0.235 e. The number of hydrogen-bond donors (Lipinski definition) is 0. The van der Waals surface area contributed by atoms with Crippen LogP contribution < -0.4 is 5.32 Å². The van der Waals surface area contributed by atoms with Gasteiger partial charge in [-0.3, -0.25) is 0 Å². The molecule has 1 radical (unpaired) electrons. The Labute approximate surface area is 64.5 Å². The van der Waals surface area contributed by atoms with Crippen LogP contribution >= 0.6 is 0 Å². The van der Waals surface area contributed by atoms with Crippen molar-refractivity contribution in [2.24, 2.45) is 9.98 Å². The molecule has 11 heavy (non-hydrogen) atoms. The molecule has 0 amide bonds. The number of benzene rings is 1. The molecule has 0 spiro atoms. The number of fused-ring (bicyclic) bond motifs is 1. The van der Waals surface area contributed by atoms with E-state index in [1.54, 1.807) is 0 Å². The molecule has 0 fully saturated rings. The highest BCUT2D eigenvalue weighted by Crippen LogP contribution is 2.23. The Morgan fingerprint density at radius 2 is 1.73 bits per heavy atom. The third-order valence-electron chi connectivity index (χ3n) is 1.41. The molecule has 1 aromatic rings. The highest BCUT2D eigenvalue weighted by atomic mass is 15.0. The predicted octanol–water partition coefficient (Wildman–Crippen LogP) is 1.62. The Morgan fingerprint density at radius 1 is 0.909 bits per heavy atom. The first kappa shape index (κ1) is 6.09. The average molecular weight is 144 g/mol. The van der Waals surface area contributed by atoms with E-state index in [9.17, 15) is 0 Å². The Morgan fingerprint density at radius 3 is 2.64 bits per heavy atom. The number of nitrogens with zero attached hydrogens (tertiary/aromatic N) is 3. The van der Waals surface area contributed by atoms with Gasteiger partial charge in [-0.1, -0.05) is 12.1 Å². The van der Waals surface area contributed by atoms with Crippen molar-refractivity contribution in [1.82, 2.24) is 5.32 Å². The Hall–Kier alpha value is -1.64. The van der Waals surface area contributed by atoms with Gasteiger partial charge in [0.1, 0.15) is 12.7 Å². The Balaban J connectivity index is 2.52. The molecule has 0 saturated carbocycles. The van der Waals surface area contributed by atoms with Crippen LogP contribution in [0.2, 0.25) is 0 Å². The molecule has 0 bridgehead atoms. The maximum absolute atomic E-state index is 4.07. The first-order valence-electron chi connectivity index (χ1n) is 3.31. The van der Waals surface area contributed by atoms with E-state index in [4.69, 9.17) is 0 Å². The first-order valence-corrected chi connectivity index (χ1v) is 3.31. The molecule has 3 nitrogen and oxygen atoms in total. The van der Waals surface area contributed by atoms with Gasteiger partial charge < -0.3 is 0 Å². The van der Waals surface area contributed by atoms with Crippen LogP contribution in [0.5, 0.6) is 0 Å². The molecule has 1 aromatic carbocycles. The van der Waals surface area contributed by atoms with Crippen molar-refractivity contribution in [2.75, 3.05) is 0 Å². The lowest BCUT2D eigenvalue weighted by Gasteiger charge is -1.97. The summed E-state index contributed by atoms with van der Waals surface area (Å²) >= 11 is 0. The van der Waals surface area contributed by atoms with Gasteiger partial charge in [-0.15, -0.1) is 0 Å². The van der Waals surface area contributed by atoms with Crippen molar-refractivity contribution < 1.29 is 0 Å². The van der Waals surface area contributed by atoms with Crippen LogP contribution in [0.1, 0.15) is 0 Å². The number of aliphatic imine (C=N–C) groups is 2. The molecule has 2 rings (SSSR count). The van der Waals surface area contributed by atoms with E-state index in [-0.39, 0.29) is 0 Å². The standard InChI is InChI=1S/C8H6N3/c1-2-4-8-7(3-1)10-5-9-6-11-8/h1-6H. The molecular formula is C8H6N3. The molecule has 3 heteroatoms. The second-order valence-corrected chi connectivity index (χ2v) is 2.13. The van der Waals surface area contributed by atoms with Crippen molar-refractivity contribution in [3.8, 4) is 0 Å². The van der Waals surface area contributed by atoms with Gasteiger partial charge in [0.25, 0.3) is 0 Å². The maximum Gasteiger partial charge on any atom is 0.117 e. The van der Waals surface area contributed by atoms with Crippen LogP contribution in [0, 0.1) is 0 Å². The zero-order chi connectivity index (χ0) is 7.52. The van der Waals surface area contributed by atoms with Gasteiger partial charge in [0, 0.05) is 0 Å². The van der Waals surface area contributed by atoms with E-state index >= 15 is 0 Å². The molecule has 0 unspecified atom stereocenters. The van der Waals surface area contributed by atoms with Crippen LogP contribution in [0.4, 0.5) is 11.4 Å². The van der Waals surface area contributed by atoms with Gasteiger partial charge in [-0.2, -0.15) is 0 Å². The van der Waals surface area contributed by atoms with Crippen molar-refractivity contribution in [3.63, 3.8) is 0 Å². The smallest absolute Gasteiger partial charge is 0.117 e. The third-order valence-corrected chi connectivity index (χ3v) is 1.41. The second-order valence-electron chi connectivity index (χ2n) is 2.13. The van der Waals surface area contributed by atoms with E-state index in [2.05, 4.69) is 15.3 Å². The van der Waals surface area contributed by atoms with Crippen molar-refractivity contribution in [3.05, 3.63) is 24.3 Å². The molecule has 1 aliphatic heterocycles. The predicted molar refractivity (Wildman–Crippen MR) is 44.9 cm³/mol. The van der Waals surface area contributed by atoms with Crippen molar-refractivity contribution in [2.45, 2.75) is 0 Å². The number of para-hydroxylation sites is 2. The summed E-state index contributed by atoms with van der Waals surface area (Å²) in [4.78, 5) is 7.87.